The highest BCUT2D eigenvalue weighted by Gasteiger charge is 2.22. The van der Waals surface area contributed by atoms with Crippen molar-refractivity contribution in [2.24, 2.45) is 0 Å². The molecule has 2 rings (SSSR count). The summed E-state index contributed by atoms with van der Waals surface area (Å²) in [5.41, 5.74) is 2.20. The lowest BCUT2D eigenvalue weighted by Gasteiger charge is -2.11. The lowest BCUT2D eigenvalue weighted by atomic mass is 9.90. The molecule has 94 valence electrons. The number of nitrogens with zero attached hydrogens (tertiary/aromatic N) is 1. The van der Waals surface area contributed by atoms with Gasteiger partial charge in [0.2, 0.25) is 0 Å². The minimum Gasteiger partial charge on any atom is -0.292 e. The fraction of sp³-hybridized carbons (Fsp3) is 0.125. The zero-order chi connectivity index (χ0) is 13.8. The predicted molar refractivity (Wildman–Crippen MR) is 78.0 cm³/mol. The Labute approximate surface area is 120 Å². The van der Waals surface area contributed by atoms with Crippen molar-refractivity contribution in [1.29, 1.82) is 5.26 Å². The Morgan fingerprint density at radius 1 is 1.21 bits per heavy atom. The van der Waals surface area contributed by atoms with Crippen LogP contribution in [0.1, 0.15) is 27.4 Å². The van der Waals surface area contributed by atoms with Crippen molar-refractivity contribution in [3.8, 4) is 6.07 Å². The zero-order valence-electron chi connectivity index (χ0n) is 10.4. The molecule has 0 N–H and O–H groups in total. The number of carbonyl (C=O) groups excluding carboxylic acids is 1. The molecule has 0 radical (unpaired) electrons. The van der Waals surface area contributed by atoms with Gasteiger partial charge < -0.3 is 0 Å². The summed E-state index contributed by atoms with van der Waals surface area (Å²) in [5, 5.41) is 9.29. The van der Waals surface area contributed by atoms with Crippen LogP contribution in [0.3, 0.4) is 0 Å². The van der Waals surface area contributed by atoms with E-state index in [0.717, 1.165) is 15.6 Å². The van der Waals surface area contributed by atoms with E-state index in [0.29, 0.717) is 5.56 Å². The maximum Gasteiger partial charge on any atom is 0.184 e. The van der Waals surface area contributed by atoms with Crippen LogP contribution in [-0.4, -0.2) is 5.78 Å². The summed E-state index contributed by atoms with van der Waals surface area (Å²) in [6, 6.07) is 16.8. The quantitative estimate of drug-likeness (QED) is 0.795. The molecule has 0 aliphatic heterocycles. The van der Waals surface area contributed by atoms with Crippen molar-refractivity contribution in [2.75, 3.05) is 0 Å². The van der Waals surface area contributed by atoms with Gasteiger partial charge in [-0.25, -0.2) is 0 Å². The monoisotopic (exact) mass is 313 g/mol. The molecule has 1 atom stereocenters. The Kier molecular flexibility index (Phi) is 4.13. The van der Waals surface area contributed by atoms with Crippen molar-refractivity contribution in [1.82, 2.24) is 0 Å². The Hall–Kier alpha value is -1.92. The van der Waals surface area contributed by atoms with E-state index in [1.807, 2.05) is 37.3 Å². The molecule has 0 aliphatic carbocycles. The SMILES string of the molecule is Cc1ccc(Br)cc1C(=O)C(C#N)c1ccccc1. The van der Waals surface area contributed by atoms with E-state index in [4.69, 9.17) is 0 Å². The number of hydrogen-bond donors (Lipinski definition) is 0. The van der Waals surface area contributed by atoms with Crippen LogP contribution in [0.4, 0.5) is 0 Å². The van der Waals surface area contributed by atoms with Crippen LogP contribution < -0.4 is 0 Å². The Morgan fingerprint density at radius 3 is 2.53 bits per heavy atom. The van der Waals surface area contributed by atoms with Crippen LogP contribution in [-0.2, 0) is 0 Å². The molecule has 0 saturated carbocycles. The standard InChI is InChI=1S/C16H12BrNO/c1-11-7-8-13(17)9-14(11)16(19)15(10-18)12-5-3-2-4-6-12/h2-9,15H,1H3. The highest BCUT2D eigenvalue weighted by atomic mass is 79.9. The van der Waals surface area contributed by atoms with Crippen LogP contribution in [0.5, 0.6) is 0 Å². The molecular weight excluding hydrogens is 302 g/mol. The maximum absolute atomic E-state index is 12.5. The highest BCUT2D eigenvalue weighted by molar-refractivity contribution is 9.10. The van der Waals surface area contributed by atoms with Gasteiger partial charge in [-0.1, -0.05) is 52.3 Å². The van der Waals surface area contributed by atoms with E-state index < -0.39 is 5.92 Å². The minimum atomic E-state index is -0.755. The van der Waals surface area contributed by atoms with Crippen molar-refractivity contribution < 1.29 is 4.79 Å². The number of halogens is 1. The molecule has 2 aromatic carbocycles. The first-order valence-corrected chi connectivity index (χ1v) is 6.67. The molecule has 2 aromatic rings. The molecule has 0 heterocycles. The first kappa shape index (κ1) is 13.5. The van der Waals surface area contributed by atoms with Crippen LogP contribution in [0, 0.1) is 18.3 Å². The van der Waals surface area contributed by atoms with Gasteiger partial charge >= 0.3 is 0 Å². The first-order valence-electron chi connectivity index (χ1n) is 5.88. The third-order valence-electron chi connectivity index (χ3n) is 2.99. The number of carbonyl (C=O) groups is 1. The van der Waals surface area contributed by atoms with E-state index >= 15 is 0 Å². The molecule has 0 amide bonds. The topological polar surface area (TPSA) is 40.9 Å². The summed E-state index contributed by atoms with van der Waals surface area (Å²) < 4.78 is 0.839. The molecule has 0 aromatic heterocycles. The lowest BCUT2D eigenvalue weighted by molar-refractivity contribution is 0.0978. The number of rotatable bonds is 3. The molecule has 1 unspecified atom stereocenters. The summed E-state index contributed by atoms with van der Waals surface area (Å²) in [4.78, 5) is 12.5. The summed E-state index contributed by atoms with van der Waals surface area (Å²) in [6.07, 6.45) is 0. The van der Waals surface area contributed by atoms with Crippen LogP contribution in [0.15, 0.2) is 53.0 Å². The zero-order valence-corrected chi connectivity index (χ0v) is 12.0. The van der Waals surface area contributed by atoms with E-state index in [9.17, 15) is 10.1 Å². The molecule has 0 fully saturated rings. The number of benzene rings is 2. The second-order valence-corrected chi connectivity index (χ2v) is 5.21. The average Bonchev–Trinajstić information content (AvgIpc) is 2.43. The number of aryl methyl sites for hydroxylation is 1. The van der Waals surface area contributed by atoms with Crippen LogP contribution >= 0.6 is 15.9 Å². The fourth-order valence-corrected chi connectivity index (χ4v) is 2.31. The van der Waals surface area contributed by atoms with E-state index in [1.165, 1.54) is 0 Å². The average molecular weight is 314 g/mol. The van der Waals surface area contributed by atoms with E-state index in [1.54, 1.807) is 18.2 Å². The van der Waals surface area contributed by atoms with Crippen LogP contribution in [0.2, 0.25) is 0 Å². The molecule has 3 heteroatoms. The normalized spacial score (nSPS) is 11.6. The van der Waals surface area contributed by atoms with Crippen molar-refractivity contribution in [2.45, 2.75) is 12.8 Å². The summed E-state index contributed by atoms with van der Waals surface area (Å²) in [6.45, 7) is 1.87. The predicted octanol–water partition coefficient (Wildman–Crippen LogP) is 4.25. The number of Topliss-reactive ketones (excluding diaryl/α,β-unsaturated/α-hetero) is 1. The molecule has 0 spiro atoms. The third kappa shape index (κ3) is 2.91. The molecule has 19 heavy (non-hydrogen) atoms. The van der Waals surface area contributed by atoms with Gasteiger partial charge in [0, 0.05) is 10.0 Å². The summed E-state index contributed by atoms with van der Waals surface area (Å²) in [5.74, 6) is -0.915. The Morgan fingerprint density at radius 2 is 1.89 bits per heavy atom. The Bertz CT molecular complexity index is 644. The van der Waals surface area contributed by atoms with E-state index in [-0.39, 0.29) is 5.78 Å². The first-order chi connectivity index (χ1) is 9.13. The molecule has 0 saturated heterocycles. The largest absolute Gasteiger partial charge is 0.292 e. The van der Waals surface area contributed by atoms with Crippen molar-refractivity contribution in [3.05, 3.63) is 69.7 Å². The smallest absolute Gasteiger partial charge is 0.184 e. The fourth-order valence-electron chi connectivity index (χ4n) is 1.95. The molecule has 0 aliphatic rings. The van der Waals surface area contributed by atoms with Gasteiger partial charge in [0.1, 0.15) is 5.92 Å². The minimum absolute atomic E-state index is 0.160. The van der Waals surface area contributed by atoms with Gasteiger partial charge in [-0.2, -0.15) is 5.26 Å². The van der Waals surface area contributed by atoms with Crippen molar-refractivity contribution in [3.63, 3.8) is 0 Å². The van der Waals surface area contributed by atoms with Gasteiger partial charge in [-0.3, -0.25) is 4.79 Å². The summed E-state index contributed by atoms with van der Waals surface area (Å²) in [7, 11) is 0. The molecule has 0 bridgehead atoms. The lowest BCUT2D eigenvalue weighted by Crippen LogP contribution is -2.12. The highest BCUT2D eigenvalue weighted by Crippen LogP contribution is 2.24. The Balaban J connectivity index is 2.43. The van der Waals surface area contributed by atoms with Gasteiger partial charge in [0.15, 0.2) is 5.78 Å². The number of nitriles is 1. The molecule has 2 nitrogen and oxygen atoms in total. The second-order valence-electron chi connectivity index (χ2n) is 4.30. The molecular formula is C16H12BrNO. The van der Waals surface area contributed by atoms with Crippen LogP contribution in [0.25, 0.3) is 0 Å². The second kappa shape index (κ2) is 5.81. The van der Waals surface area contributed by atoms with Gasteiger partial charge in [-0.05, 0) is 30.2 Å². The summed E-state index contributed by atoms with van der Waals surface area (Å²) >= 11 is 3.36. The number of hydrogen-bond acceptors (Lipinski definition) is 2. The van der Waals surface area contributed by atoms with Crippen molar-refractivity contribution >= 4 is 21.7 Å². The maximum atomic E-state index is 12.5. The van der Waals surface area contributed by atoms with Gasteiger partial charge in [0.05, 0.1) is 6.07 Å². The van der Waals surface area contributed by atoms with Gasteiger partial charge in [-0.15, -0.1) is 0 Å². The number of ketones is 1. The van der Waals surface area contributed by atoms with Gasteiger partial charge in [0.25, 0.3) is 0 Å². The van der Waals surface area contributed by atoms with E-state index in [2.05, 4.69) is 22.0 Å². The third-order valence-corrected chi connectivity index (χ3v) is 3.48.